The number of carboxylic acid groups (broad SMARTS) is 1. The first-order chi connectivity index (χ1) is 13.5. The third kappa shape index (κ3) is 3.33. The summed E-state index contributed by atoms with van der Waals surface area (Å²) >= 11 is 0. The maximum atomic E-state index is 13.1. The van der Waals surface area contributed by atoms with Crippen LogP contribution in [0.5, 0.6) is 17.4 Å². The van der Waals surface area contributed by atoms with Gasteiger partial charge in [0.15, 0.2) is 0 Å². The normalized spacial score (nSPS) is 11.1. The zero-order chi connectivity index (χ0) is 19.7. The summed E-state index contributed by atoms with van der Waals surface area (Å²) in [5, 5.41) is 10.5. The molecule has 0 radical (unpaired) electrons. The van der Waals surface area contributed by atoms with Crippen molar-refractivity contribution in [2.45, 2.75) is 6.61 Å². The quantitative estimate of drug-likeness (QED) is 0.479. The molecule has 0 bridgehead atoms. The Balaban J connectivity index is 1.85. The van der Waals surface area contributed by atoms with Gasteiger partial charge in [-0.3, -0.25) is 0 Å². The van der Waals surface area contributed by atoms with Crippen LogP contribution in [0, 0.1) is 5.82 Å². The number of ether oxygens (including phenoxy) is 3. The smallest absolute Gasteiger partial charge is 0.457 e. The van der Waals surface area contributed by atoms with Crippen molar-refractivity contribution in [3.63, 3.8) is 0 Å². The molecule has 2 aromatic heterocycles. The minimum Gasteiger partial charge on any atom is -0.457 e. The SMILES string of the molecule is COCc1c(OC(=O)O)ncc2[nH]c3ccc(Oc4ccc(F)cc4)cc3c12. The number of carbonyl (C=O) groups is 1. The first kappa shape index (κ1) is 17.7. The number of nitrogens with zero attached hydrogens (tertiary/aromatic N) is 1. The van der Waals surface area contributed by atoms with Crippen molar-refractivity contribution in [2.75, 3.05) is 7.11 Å². The van der Waals surface area contributed by atoms with E-state index in [4.69, 9.17) is 19.3 Å². The number of fused-ring (bicyclic) bond motifs is 3. The molecule has 0 aliphatic carbocycles. The average molecular weight is 382 g/mol. The molecule has 7 nitrogen and oxygen atoms in total. The number of H-pyrrole nitrogens is 1. The van der Waals surface area contributed by atoms with Crippen molar-refractivity contribution in [1.29, 1.82) is 0 Å². The number of halogens is 1. The Morgan fingerprint density at radius 1 is 1.14 bits per heavy atom. The highest BCUT2D eigenvalue weighted by molar-refractivity contribution is 6.09. The summed E-state index contributed by atoms with van der Waals surface area (Å²) in [5.74, 6) is 0.657. The second kappa shape index (κ2) is 7.16. The Kier molecular flexibility index (Phi) is 4.54. The first-order valence-electron chi connectivity index (χ1n) is 8.31. The standard InChI is InChI=1S/C20H15FN2O5/c1-26-10-15-18-14-8-13(27-12-4-2-11(21)3-5-12)6-7-16(14)23-17(18)9-22-19(15)28-20(24)25/h2-9,23H,10H2,1H3,(H,24,25). The van der Waals surface area contributed by atoms with E-state index < -0.39 is 6.16 Å². The van der Waals surface area contributed by atoms with Gasteiger partial charge in [-0.2, -0.15) is 0 Å². The Bertz CT molecular complexity index is 1170. The van der Waals surface area contributed by atoms with Crippen LogP contribution in [0.15, 0.2) is 48.7 Å². The highest BCUT2D eigenvalue weighted by Gasteiger charge is 2.18. The van der Waals surface area contributed by atoms with Gasteiger partial charge >= 0.3 is 6.16 Å². The van der Waals surface area contributed by atoms with E-state index in [1.165, 1.54) is 37.6 Å². The zero-order valence-electron chi connectivity index (χ0n) is 14.7. The van der Waals surface area contributed by atoms with Gasteiger partial charge < -0.3 is 24.3 Å². The summed E-state index contributed by atoms with van der Waals surface area (Å²) in [5.41, 5.74) is 2.03. The van der Waals surface area contributed by atoms with Crippen LogP contribution in [-0.4, -0.2) is 28.3 Å². The summed E-state index contributed by atoms with van der Waals surface area (Å²) in [6.45, 7) is 0.114. The number of rotatable bonds is 5. The van der Waals surface area contributed by atoms with Crippen LogP contribution in [0.25, 0.3) is 21.8 Å². The molecule has 2 heterocycles. The Hall–Kier alpha value is -3.65. The van der Waals surface area contributed by atoms with E-state index in [1.807, 2.05) is 6.07 Å². The number of hydrogen-bond donors (Lipinski definition) is 2. The van der Waals surface area contributed by atoms with Gasteiger partial charge in [0.05, 0.1) is 23.9 Å². The van der Waals surface area contributed by atoms with Gasteiger partial charge in [-0.05, 0) is 42.5 Å². The van der Waals surface area contributed by atoms with Gasteiger partial charge in [0.1, 0.15) is 17.3 Å². The lowest BCUT2D eigenvalue weighted by Gasteiger charge is -2.09. The molecular formula is C20H15FN2O5. The van der Waals surface area contributed by atoms with Crippen LogP contribution in [-0.2, 0) is 11.3 Å². The lowest BCUT2D eigenvalue weighted by atomic mass is 10.1. The van der Waals surface area contributed by atoms with Crippen LogP contribution < -0.4 is 9.47 Å². The number of nitrogens with one attached hydrogen (secondary N) is 1. The van der Waals surface area contributed by atoms with Crippen molar-refractivity contribution in [3.8, 4) is 17.4 Å². The molecular weight excluding hydrogens is 367 g/mol. The average Bonchev–Trinajstić information content (AvgIpc) is 3.03. The van der Waals surface area contributed by atoms with Crippen LogP contribution >= 0.6 is 0 Å². The fourth-order valence-corrected chi connectivity index (χ4v) is 3.07. The van der Waals surface area contributed by atoms with E-state index in [0.717, 1.165) is 16.3 Å². The van der Waals surface area contributed by atoms with E-state index in [9.17, 15) is 9.18 Å². The summed E-state index contributed by atoms with van der Waals surface area (Å²) in [7, 11) is 1.50. The molecule has 4 rings (SSSR count). The molecule has 142 valence electrons. The van der Waals surface area contributed by atoms with Gasteiger partial charge in [-0.25, -0.2) is 14.2 Å². The van der Waals surface area contributed by atoms with E-state index in [0.29, 0.717) is 22.6 Å². The van der Waals surface area contributed by atoms with E-state index >= 15 is 0 Å². The molecule has 0 unspecified atom stereocenters. The summed E-state index contributed by atoms with van der Waals surface area (Å²) in [6, 6.07) is 11.1. The molecule has 0 amide bonds. The third-order valence-corrected chi connectivity index (χ3v) is 4.19. The predicted octanol–water partition coefficient (Wildman–Crippen LogP) is 4.85. The van der Waals surface area contributed by atoms with Gasteiger partial charge in [-0.15, -0.1) is 0 Å². The molecule has 0 fully saturated rings. The molecule has 2 N–H and O–H groups in total. The molecule has 8 heteroatoms. The van der Waals surface area contributed by atoms with Crippen molar-refractivity contribution < 1.29 is 28.5 Å². The summed E-state index contributed by atoms with van der Waals surface area (Å²) in [6.07, 6.45) is 0.0529. The molecule has 0 aliphatic rings. The van der Waals surface area contributed by atoms with E-state index in [-0.39, 0.29) is 18.3 Å². The summed E-state index contributed by atoms with van der Waals surface area (Å²) in [4.78, 5) is 18.3. The van der Waals surface area contributed by atoms with Gasteiger partial charge in [0.25, 0.3) is 0 Å². The number of hydrogen-bond acceptors (Lipinski definition) is 5. The molecule has 4 aromatic rings. The second-order valence-electron chi connectivity index (χ2n) is 6.02. The van der Waals surface area contributed by atoms with Crippen LogP contribution in [0.2, 0.25) is 0 Å². The Morgan fingerprint density at radius 2 is 1.89 bits per heavy atom. The minimum atomic E-state index is -1.45. The number of methoxy groups -OCH3 is 1. The molecule has 0 atom stereocenters. The third-order valence-electron chi connectivity index (χ3n) is 4.19. The Labute approximate surface area is 158 Å². The number of aromatic nitrogens is 2. The Morgan fingerprint density at radius 3 is 2.61 bits per heavy atom. The number of aromatic amines is 1. The summed E-state index contributed by atoms with van der Waals surface area (Å²) < 4.78 is 28.9. The number of benzene rings is 2. The van der Waals surface area contributed by atoms with Crippen molar-refractivity contribution in [2.24, 2.45) is 0 Å². The topological polar surface area (TPSA) is 93.7 Å². The molecule has 28 heavy (non-hydrogen) atoms. The first-order valence-corrected chi connectivity index (χ1v) is 8.31. The van der Waals surface area contributed by atoms with Crippen molar-refractivity contribution in [3.05, 3.63) is 60.0 Å². The van der Waals surface area contributed by atoms with Crippen LogP contribution in [0.4, 0.5) is 9.18 Å². The zero-order valence-corrected chi connectivity index (χ0v) is 14.7. The maximum Gasteiger partial charge on any atom is 0.512 e. The molecule has 2 aromatic carbocycles. The highest BCUT2D eigenvalue weighted by atomic mass is 19.1. The molecule has 0 saturated carbocycles. The largest absolute Gasteiger partial charge is 0.512 e. The molecule has 0 spiro atoms. The fraction of sp³-hybridized carbons (Fsp3) is 0.100. The van der Waals surface area contributed by atoms with Crippen LogP contribution in [0.3, 0.4) is 0 Å². The van der Waals surface area contributed by atoms with Crippen molar-refractivity contribution >= 4 is 28.0 Å². The number of pyridine rings is 1. The highest BCUT2D eigenvalue weighted by Crippen LogP contribution is 2.35. The van der Waals surface area contributed by atoms with Crippen LogP contribution in [0.1, 0.15) is 5.56 Å². The monoisotopic (exact) mass is 382 g/mol. The van der Waals surface area contributed by atoms with Gasteiger partial charge in [0, 0.05) is 23.4 Å². The van der Waals surface area contributed by atoms with Gasteiger partial charge in [-0.1, -0.05) is 0 Å². The maximum absolute atomic E-state index is 13.1. The lowest BCUT2D eigenvalue weighted by molar-refractivity contribution is 0.139. The molecule has 0 aliphatic heterocycles. The van der Waals surface area contributed by atoms with Crippen molar-refractivity contribution in [1.82, 2.24) is 9.97 Å². The van der Waals surface area contributed by atoms with E-state index in [1.54, 1.807) is 12.1 Å². The molecule has 0 saturated heterocycles. The second-order valence-corrected chi connectivity index (χ2v) is 6.02. The van der Waals surface area contributed by atoms with Gasteiger partial charge in [0.2, 0.25) is 5.88 Å². The lowest BCUT2D eigenvalue weighted by Crippen LogP contribution is -2.07. The predicted molar refractivity (Wildman–Crippen MR) is 99.4 cm³/mol. The minimum absolute atomic E-state index is 0.0346. The van der Waals surface area contributed by atoms with E-state index in [2.05, 4.69) is 9.97 Å². The fourth-order valence-electron chi connectivity index (χ4n) is 3.07.